The van der Waals surface area contributed by atoms with Crippen molar-refractivity contribution in [3.8, 4) is 0 Å². The molecule has 0 aliphatic rings. The Morgan fingerprint density at radius 3 is 2.37 bits per heavy atom. The fraction of sp³-hybridized carbons (Fsp3) is 0.238. The van der Waals surface area contributed by atoms with Gasteiger partial charge in [0.1, 0.15) is 6.54 Å². The Balaban J connectivity index is 1.94. The molecule has 2 amide bonds. The van der Waals surface area contributed by atoms with Gasteiger partial charge in [0.05, 0.1) is 16.6 Å². The zero-order valence-electron chi connectivity index (χ0n) is 16.9. The van der Waals surface area contributed by atoms with Gasteiger partial charge in [0.15, 0.2) is 0 Å². The molecule has 2 aromatic carbocycles. The fourth-order valence-electron chi connectivity index (χ4n) is 2.98. The number of carbonyl (C=O) groups excluding carboxylic acids is 2. The Kier molecular flexibility index (Phi) is 6.41. The minimum absolute atomic E-state index is 0.172. The lowest BCUT2D eigenvalue weighted by atomic mass is 10.2. The van der Waals surface area contributed by atoms with Gasteiger partial charge >= 0.3 is 5.69 Å². The maximum atomic E-state index is 12.8. The molecule has 9 heteroatoms. The summed E-state index contributed by atoms with van der Waals surface area (Å²) < 4.78 is 2.39. The van der Waals surface area contributed by atoms with Gasteiger partial charge in [0, 0.05) is 25.5 Å². The zero-order valence-corrected chi connectivity index (χ0v) is 17.7. The first-order chi connectivity index (χ1) is 14.3. The molecule has 0 aliphatic heterocycles. The summed E-state index contributed by atoms with van der Waals surface area (Å²) in [5.74, 6) is -0.436. The zero-order chi connectivity index (χ0) is 21.8. The number of nitrogens with zero attached hydrogens (tertiary/aromatic N) is 3. The number of hydrogen-bond acceptors (Lipinski definition) is 5. The highest BCUT2D eigenvalue weighted by Crippen LogP contribution is 2.28. The summed E-state index contributed by atoms with van der Waals surface area (Å²) in [6, 6.07) is 13.7. The first-order valence-electron chi connectivity index (χ1n) is 9.34. The summed E-state index contributed by atoms with van der Waals surface area (Å²) in [7, 11) is 3.30. The highest BCUT2D eigenvalue weighted by atomic mass is 32.2. The Morgan fingerprint density at radius 2 is 1.67 bits per heavy atom. The average Bonchev–Trinajstić information content (AvgIpc) is 2.73. The molecular weight excluding hydrogens is 404 g/mol. The quantitative estimate of drug-likeness (QED) is 0.633. The molecule has 0 saturated heterocycles. The highest BCUT2D eigenvalue weighted by molar-refractivity contribution is 8.13. The van der Waals surface area contributed by atoms with Crippen LogP contribution >= 0.6 is 11.8 Å². The van der Waals surface area contributed by atoms with Crippen LogP contribution in [0.3, 0.4) is 0 Å². The Bertz CT molecular complexity index is 1230. The number of anilines is 1. The van der Waals surface area contributed by atoms with Crippen LogP contribution in [-0.2, 0) is 17.9 Å². The number of thioether (sulfide) groups is 1. The fourth-order valence-corrected chi connectivity index (χ4v) is 3.73. The van der Waals surface area contributed by atoms with E-state index >= 15 is 0 Å². The van der Waals surface area contributed by atoms with Crippen molar-refractivity contribution in [2.75, 3.05) is 19.4 Å². The van der Waals surface area contributed by atoms with Gasteiger partial charge in [-0.15, -0.1) is 0 Å². The normalized spacial score (nSPS) is 10.8. The van der Waals surface area contributed by atoms with Gasteiger partial charge < -0.3 is 10.2 Å². The molecule has 3 rings (SSSR count). The van der Waals surface area contributed by atoms with Crippen LogP contribution in [0.1, 0.15) is 6.92 Å². The lowest BCUT2D eigenvalue weighted by Gasteiger charge is -2.15. The molecule has 1 aromatic heterocycles. The molecule has 1 heterocycles. The van der Waals surface area contributed by atoms with Crippen LogP contribution in [0.5, 0.6) is 0 Å². The summed E-state index contributed by atoms with van der Waals surface area (Å²) in [4.78, 5) is 52.2. The van der Waals surface area contributed by atoms with Crippen LogP contribution in [0.25, 0.3) is 10.9 Å². The monoisotopic (exact) mass is 426 g/mol. The summed E-state index contributed by atoms with van der Waals surface area (Å²) in [6.07, 6.45) is 0. The van der Waals surface area contributed by atoms with Gasteiger partial charge in [-0.1, -0.05) is 24.3 Å². The molecule has 0 saturated carbocycles. The molecule has 0 aliphatic carbocycles. The number of benzene rings is 2. The number of hydrogen-bond donors (Lipinski definition) is 1. The van der Waals surface area contributed by atoms with Crippen LogP contribution in [0.15, 0.2) is 63.0 Å². The lowest BCUT2D eigenvalue weighted by Crippen LogP contribution is -2.41. The minimum atomic E-state index is -0.540. The van der Waals surface area contributed by atoms with E-state index in [1.165, 1.54) is 9.47 Å². The number of para-hydroxylation sites is 2. The second kappa shape index (κ2) is 9.00. The minimum Gasteiger partial charge on any atom is -0.339 e. The average molecular weight is 426 g/mol. The van der Waals surface area contributed by atoms with Gasteiger partial charge in [-0.25, -0.2) is 4.79 Å². The first-order valence-corrected chi connectivity index (χ1v) is 10.2. The molecular formula is C21H22N4O4S. The van der Waals surface area contributed by atoms with E-state index in [2.05, 4.69) is 5.32 Å². The number of fused-ring (bicyclic) bond motifs is 1. The number of carbonyl (C=O) groups is 2. The van der Waals surface area contributed by atoms with E-state index < -0.39 is 11.6 Å². The summed E-state index contributed by atoms with van der Waals surface area (Å²) in [5, 5.41) is 2.97. The molecule has 30 heavy (non-hydrogen) atoms. The van der Waals surface area contributed by atoms with Crippen molar-refractivity contribution in [2.24, 2.45) is 0 Å². The van der Waals surface area contributed by atoms with Crippen molar-refractivity contribution in [1.82, 2.24) is 14.0 Å². The van der Waals surface area contributed by atoms with Crippen LogP contribution < -0.4 is 16.6 Å². The third kappa shape index (κ3) is 4.30. The molecule has 0 radical (unpaired) electrons. The van der Waals surface area contributed by atoms with Gasteiger partial charge in [0.2, 0.25) is 5.91 Å². The lowest BCUT2D eigenvalue weighted by molar-refractivity contribution is -0.116. The van der Waals surface area contributed by atoms with E-state index in [1.54, 1.807) is 69.6 Å². The Labute approximate surface area is 177 Å². The van der Waals surface area contributed by atoms with Crippen LogP contribution in [0.4, 0.5) is 10.5 Å². The maximum Gasteiger partial charge on any atom is 0.331 e. The number of rotatable bonds is 5. The molecule has 0 fully saturated rings. The summed E-state index contributed by atoms with van der Waals surface area (Å²) in [6.45, 7) is 1.65. The summed E-state index contributed by atoms with van der Waals surface area (Å²) in [5.41, 5.74) is -0.0397. The predicted octanol–water partition coefficient (Wildman–Crippen LogP) is 2.60. The molecule has 156 valence electrons. The topological polar surface area (TPSA) is 93.4 Å². The molecule has 0 unspecified atom stereocenters. The highest BCUT2D eigenvalue weighted by Gasteiger charge is 2.16. The number of aromatic nitrogens is 2. The molecule has 1 N–H and O–H groups in total. The predicted molar refractivity (Wildman–Crippen MR) is 118 cm³/mol. The molecule has 0 atom stereocenters. The number of nitrogens with one attached hydrogen (secondary N) is 1. The van der Waals surface area contributed by atoms with E-state index in [1.807, 2.05) is 0 Å². The maximum absolute atomic E-state index is 12.8. The second-order valence-corrected chi connectivity index (χ2v) is 7.74. The summed E-state index contributed by atoms with van der Waals surface area (Å²) >= 11 is 0.999. The van der Waals surface area contributed by atoms with Crippen molar-refractivity contribution >= 4 is 39.5 Å². The molecule has 0 bridgehead atoms. The van der Waals surface area contributed by atoms with E-state index in [-0.39, 0.29) is 23.9 Å². The second-order valence-electron chi connectivity index (χ2n) is 6.74. The first kappa shape index (κ1) is 21.4. The third-order valence-corrected chi connectivity index (χ3v) is 5.59. The van der Waals surface area contributed by atoms with Crippen LogP contribution in [0.2, 0.25) is 0 Å². The van der Waals surface area contributed by atoms with Crippen molar-refractivity contribution in [2.45, 2.75) is 24.9 Å². The molecule has 3 aromatic rings. The Hall–Kier alpha value is -3.33. The van der Waals surface area contributed by atoms with E-state index in [0.717, 1.165) is 16.3 Å². The van der Waals surface area contributed by atoms with E-state index in [4.69, 9.17) is 0 Å². The van der Waals surface area contributed by atoms with Crippen molar-refractivity contribution < 1.29 is 9.59 Å². The standard InChI is InChI=1S/C21H22N4O4S/c1-4-24-19(27)14-9-5-7-11-16(14)25(20(24)28)13-18(26)22-15-10-6-8-12-17(15)30-21(29)23(2)3/h5-12H,4,13H2,1-3H3,(H,22,26). The largest absolute Gasteiger partial charge is 0.339 e. The Morgan fingerprint density at radius 1 is 1.00 bits per heavy atom. The SMILES string of the molecule is CCn1c(=O)c2ccccc2n(CC(=O)Nc2ccccc2SC(=O)N(C)C)c1=O. The van der Waals surface area contributed by atoms with Crippen molar-refractivity contribution in [3.05, 3.63) is 69.4 Å². The van der Waals surface area contributed by atoms with E-state index in [9.17, 15) is 19.2 Å². The van der Waals surface area contributed by atoms with Crippen molar-refractivity contribution in [3.63, 3.8) is 0 Å². The van der Waals surface area contributed by atoms with Gasteiger partial charge in [-0.05, 0) is 43.0 Å². The van der Waals surface area contributed by atoms with Gasteiger partial charge in [-0.3, -0.25) is 23.5 Å². The van der Waals surface area contributed by atoms with Gasteiger partial charge in [-0.2, -0.15) is 0 Å². The van der Waals surface area contributed by atoms with Crippen LogP contribution in [-0.4, -0.2) is 39.3 Å². The van der Waals surface area contributed by atoms with E-state index in [0.29, 0.717) is 21.5 Å². The molecule has 0 spiro atoms. The number of amides is 2. The smallest absolute Gasteiger partial charge is 0.331 e. The van der Waals surface area contributed by atoms with Crippen LogP contribution in [0, 0.1) is 0 Å². The van der Waals surface area contributed by atoms with Gasteiger partial charge in [0.25, 0.3) is 10.8 Å². The molecule has 8 nitrogen and oxygen atoms in total. The third-order valence-electron chi connectivity index (χ3n) is 4.47. The van der Waals surface area contributed by atoms with Crippen molar-refractivity contribution in [1.29, 1.82) is 0 Å².